The highest BCUT2D eigenvalue weighted by molar-refractivity contribution is 5.97. The number of carbonyl (C=O) groups is 1. The van der Waals surface area contributed by atoms with Crippen molar-refractivity contribution in [2.24, 2.45) is 0 Å². The zero-order valence-electron chi connectivity index (χ0n) is 14.2. The number of hydrogen-bond donors (Lipinski definition) is 1. The maximum Gasteiger partial charge on any atom is 0.433 e. The molecular formula is C16H19F3N4O3. The predicted octanol–water partition coefficient (Wildman–Crippen LogP) is 2.20. The lowest BCUT2D eigenvalue weighted by Gasteiger charge is -2.25. The van der Waals surface area contributed by atoms with Gasteiger partial charge in [-0.15, -0.1) is 0 Å². The van der Waals surface area contributed by atoms with Crippen molar-refractivity contribution in [3.8, 4) is 0 Å². The summed E-state index contributed by atoms with van der Waals surface area (Å²) in [5, 5.41) is 1.94. The molecule has 1 aliphatic heterocycles. The Morgan fingerprint density at radius 3 is 2.62 bits per heavy atom. The van der Waals surface area contributed by atoms with Crippen LogP contribution >= 0.6 is 0 Å². The Morgan fingerprint density at radius 1 is 1.31 bits per heavy atom. The molecule has 0 atom stereocenters. The fourth-order valence-corrected chi connectivity index (χ4v) is 3.11. The van der Waals surface area contributed by atoms with Gasteiger partial charge in [-0.2, -0.15) is 13.2 Å². The van der Waals surface area contributed by atoms with Crippen LogP contribution in [0.3, 0.4) is 0 Å². The first-order valence-corrected chi connectivity index (χ1v) is 8.42. The summed E-state index contributed by atoms with van der Waals surface area (Å²) in [5.41, 5.74) is -2.85. The van der Waals surface area contributed by atoms with E-state index in [9.17, 15) is 22.8 Å². The molecule has 1 saturated heterocycles. The van der Waals surface area contributed by atoms with Crippen LogP contribution in [0.1, 0.15) is 47.9 Å². The molecular weight excluding hydrogens is 353 g/mol. The fraction of sp³-hybridized carbons (Fsp3) is 0.562. The number of ether oxygens (including phenoxy) is 1. The van der Waals surface area contributed by atoms with Crippen LogP contribution in [0.2, 0.25) is 0 Å². The van der Waals surface area contributed by atoms with Gasteiger partial charge in [0.25, 0.3) is 5.56 Å². The lowest BCUT2D eigenvalue weighted by atomic mass is 10.1. The highest BCUT2D eigenvalue weighted by Gasteiger charge is 2.40. The van der Waals surface area contributed by atoms with Crippen molar-refractivity contribution in [1.82, 2.24) is 19.5 Å². The van der Waals surface area contributed by atoms with Gasteiger partial charge >= 0.3 is 12.1 Å². The molecule has 0 spiro atoms. The number of rotatable bonds is 4. The Kier molecular flexibility index (Phi) is 5.03. The van der Waals surface area contributed by atoms with Crippen molar-refractivity contribution in [2.45, 2.75) is 38.9 Å². The van der Waals surface area contributed by atoms with Crippen LogP contribution in [0.5, 0.6) is 0 Å². The van der Waals surface area contributed by atoms with E-state index in [1.54, 1.807) is 0 Å². The third kappa shape index (κ3) is 3.59. The first kappa shape index (κ1) is 18.4. The molecule has 0 aliphatic carbocycles. The van der Waals surface area contributed by atoms with Crippen LogP contribution in [-0.4, -0.2) is 45.2 Å². The van der Waals surface area contributed by atoms with E-state index in [-0.39, 0.29) is 12.3 Å². The maximum absolute atomic E-state index is 13.3. The summed E-state index contributed by atoms with van der Waals surface area (Å²) >= 11 is 0. The Hall–Kier alpha value is -2.36. The minimum absolute atomic E-state index is 0.0921. The van der Waals surface area contributed by atoms with E-state index in [1.165, 1.54) is 13.0 Å². The summed E-state index contributed by atoms with van der Waals surface area (Å²) < 4.78 is 45.3. The van der Waals surface area contributed by atoms with Crippen LogP contribution in [-0.2, 0) is 17.5 Å². The van der Waals surface area contributed by atoms with Gasteiger partial charge in [0.05, 0.1) is 12.3 Å². The van der Waals surface area contributed by atoms with E-state index >= 15 is 0 Å². The van der Waals surface area contributed by atoms with Gasteiger partial charge in [-0.05, 0) is 32.9 Å². The minimum atomic E-state index is -4.85. The van der Waals surface area contributed by atoms with Crippen molar-refractivity contribution in [2.75, 3.05) is 19.7 Å². The van der Waals surface area contributed by atoms with E-state index in [0.29, 0.717) is 16.8 Å². The number of nitrogens with one attached hydrogen (secondary N) is 1. The fourth-order valence-electron chi connectivity index (χ4n) is 3.11. The highest BCUT2D eigenvalue weighted by atomic mass is 19.4. The Morgan fingerprint density at radius 2 is 2.00 bits per heavy atom. The molecule has 2 aromatic rings. The van der Waals surface area contributed by atoms with E-state index in [1.807, 2.05) is 5.10 Å². The molecule has 1 aliphatic rings. The Bertz CT molecular complexity index is 866. The summed E-state index contributed by atoms with van der Waals surface area (Å²) in [6, 6.07) is 1.19. The van der Waals surface area contributed by atoms with Gasteiger partial charge in [0.15, 0.2) is 11.3 Å². The number of H-pyrrole nitrogens is 1. The Labute approximate surface area is 146 Å². The number of piperidine rings is 1. The standard InChI is InChI=1S/C16H19F3N4O3/c1-2-26-15(25)12-13(16(17,18)19)21-23-11(24)8-10(20-14(12)23)9-22-6-4-3-5-7-22/h8,21H,2-7,9H2,1H3. The number of alkyl halides is 3. The smallest absolute Gasteiger partial charge is 0.433 e. The average Bonchev–Trinajstić information content (AvgIpc) is 2.96. The molecule has 0 bridgehead atoms. The molecule has 3 rings (SSSR count). The molecule has 142 valence electrons. The lowest BCUT2D eigenvalue weighted by Crippen LogP contribution is -2.30. The van der Waals surface area contributed by atoms with Crippen molar-refractivity contribution < 1.29 is 22.7 Å². The topological polar surface area (TPSA) is 79.7 Å². The van der Waals surface area contributed by atoms with Gasteiger partial charge in [0.2, 0.25) is 0 Å². The second-order valence-electron chi connectivity index (χ2n) is 6.16. The van der Waals surface area contributed by atoms with Crippen molar-refractivity contribution in [1.29, 1.82) is 0 Å². The molecule has 0 radical (unpaired) electrons. The van der Waals surface area contributed by atoms with Crippen molar-refractivity contribution in [3.63, 3.8) is 0 Å². The van der Waals surface area contributed by atoms with Gasteiger partial charge in [-0.25, -0.2) is 14.3 Å². The number of nitrogens with zero attached hydrogens (tertiary/aromatic N) is 3. The SMILES string of the molecule is CCOC(=O)c1c(C(F)(F)F)[nH]n2c(=O)cc(CN3CCCCC3)nc12. The first-order chi connectivity index (χ1) is 12.3. The van der Waals surface area contributed by atoms with E-state index in [2.05, 4.69) is 9.88 Å². The maximum atomic E-state index is 13.3. The number of esters is 1. The van der Waals surface area contributed by atoms with Gasteiger partial charge in [-0.1, -0.05) is 6.42 Å². The highest BCUT2D eigenvalue weighted by Crippen LogP contribution is 2.32. The molecule has 3 heterocycles. The number of aromatic nitrogens is 3. The van der Waals surface area contributed by atoms with Crippen LogP contribution in [0, 0.1) is 0 Å². The molecule has 0 unspecified atom stereocenters. The van der Waals surface area contributed by atoms with Crippen molar-refractivity contribution >= 4 is 11.6 Å². The molecule has 7 nitrogen and oxygen atoms in total. The third-order valence-electron chi connectivity index (χ3n) is 4.27. The number of hydrogen-bond acceptors (Lipinski definition) is 5. The third-order valence-corrected chi connectivity index (χ3v) is 4.27. The summed E-state index contributed by atoms with van der Waals surface area (Å²) in [6.07, 6.45) is -1.67. The zero-order valence-corrected chi connectivity index (χ0v) is 14.2. The van der Waals surface area contributed by atoms with Gasteiger partial charge in [0.1, 0.15) is 5.56 Å². The van der Waals surface area contributed by atoms with Gasteiger partial charge < -0.3 is 4.74 Å². The van der Waals surface area contributed by atoms with E-state index in [4.69, 9.17) is 4.74 Å². The number of carbonyl (C=O) groups excluding carboxylic acids is 1. The number of aromatic amines is 1. The first-order valence-electron chi connectivity index (χ1n) is 8.42. The number of fused-ring (bicyclic) bond motifs is 1. The zero-order chi connectivity index (χ0) is 18.9. The molecule has 1 fully saturated rings. The molecule has 0 aromatic carbocycles. The summed E-state index contributed by atoms with van der Waals surface area (Å²) in [7, 11) is 0. The van der Waals surface area contributed by atoms with Crippen LogP contribution < -0.4 is 5.56 Å². The van der Waals surface area contributed by atoms with E-state index < -0.39 is 29.0 Å². The molecule has 26 heavy (non-hydrogen) atoms. The van der Waals surface area contributed by atoms with E-state index in [0.717, 1.165) is 32.4 Å². The molecule has 0 saturated carbocycles. The quantitative estimate of drug-likeness (QED) is 0.833. The average molecular weight is 372 g/mol. The predicted molar refractivity (Wildman–Crippen MR) is 85.9 cm³/mol. The Balaban J connectivity index is 2.10. The van der Waals surface area contributed by atoms with Crippen LogP contribution in [0.15, 0.2) is 10.9 Å². The molecule has 10 heteroatoms. The summed E-state index contributed by atoms with van der Waals surface area (Å²) in [5.74, 6) is -1.17. The minimum Gasteiger partial charge on any atom is -0.462 e. The second-order valence-corrected chi connectivity index (χ2v) is 6.16. The van der Waals surface area contributed by atoms with Gasteiger partial charge in [0, 0.05) is 12.6 Å². The monoisotopic (exact) mass is 372 g/mol. The summed E-state index contributed by atoms with van der Waals surface area (Å²) in [4.78, 5) is 30.6. The number of halogens is 3. The molecule has 2 aromatic heterocycles. The number of likely N-dealkylation sites (tertiary alicyclic amines) is 1. The second kappa shape index (κ2) is 7.10. The molecule has 1 N–H and O–H groups in total. The summed E-state index contributed by atoms with van der Waals surface area (Å²) in [6.45, 7) is 3.42. The van der Waals surface area contributed by atoms with Crippen LogP contribution in [0.4, 0.5) is 13.2 Å². The van der Waals surface area contributed by atoms with Crippen LogP contribution in [0.25, 0.3) is 5.65 Å². The van der Waals surface area contributed by atoms with Crippen molar-refractivity contribution in [3.05, 3.63) is 33.4 Å². The lowest BCUT2D eigenvalue weighted by molar-refractivity contribution is -0.141. The normalized spacial score (nSPS) is 16.2. The van der Waals surface area contributed by atoms with Gasteiger partial charge in [-0.3, -0.25) is 14.8 Å². The molecule has 0 amide bonds. The largest absolute Gasteiger partial charge is 0.462 e.